The molecule has 0 radical (unpaired) electrons. The largest absolute Gasteiger partial charge is 0.436 e. The first-order valence-electron chi connectivity index (χ1n) is 12.4. The Morgan fingerprint density at radius 2 is 1.89 bits per heavy atom. The van der Waals surface area contributed by atoms with Crippen LogP contribution < -0.4 is 10.2 Å². The molecule has 3 heterocycles. The molecule has 1 amide bonds. The smallest absolute Gasteiger partial charge is 0.251 e. The summed E-state index contributed by atoms with van der Waals surface area (Å²) in [6.45, 7) is 6.50. The van der Waals surface area contributed by atoms with Crippen molar-refractivity contribution in [1.29, 1.82) is 5.26 Å². The zero-order valence-electron chi connectivity index (χ0n) is 20.7. The van der Waals surface area contributed by atoms with E-state index in [2.05, 4.69) is 61.0 Å². The first-order valence-corrected chi connectivity index (χ1v) is 13.2. The molecule has 0 atom stereocenters. The zero-order valence-corrected chi connectivity index (χ0v) is 22.3. The number of fused-ring (bicyclic) bond motifs is 1. The Morgan fingerprint density at radius 1 is 1.19 bits per heavy atom. The summed E-state index contributed by atoms with van der Waals surface area (Å²) in [4.78, 5) is 28.3. The summed E-state index contributed by atoms with van der Waals surface area (Å²) in [6.07, 6.45) is 5.47. The van der Waals surface area contributed by atoms with Gasteiger partial charge in [-0.1, -0.05) is 13.8 Å². The van der Waals surface area contributed by atoms with Crippen LogP contribution in [-0.4, -0.2) is 40.5 Å². The van der Waals surface area contributed by atoms with Gasteiger partial charge in [-0.2, -0.15) is 5.26 Å². The van der Waals surface area contributed by atoms with E-state index < -0.39 is 0 Å². The van der Waals surface area contributed by atoms with E-state index in [1.165, 1.54) is 0 Å². The number of hydrogen-bond acceptors (Lipinski definition) is 7. The molecule has 188 valence electrons. The van der Waals surface area contributed by atoms with Crippen LogP contribution in [-0.2, 0) is 0 Å². The van der Waals surface area contributed by atoms with E-state index in [1.54, 1.807) is 30.6 Å². The minimum atomic E-state index is -0.0939. The number of rotatable bonds is 6. The highest BCUT2D eigenvalue weighted by Crippen LogP contribution is 2.31. The van der Waals surface area contributed by atoms with Gasteiger partial charge in [-0.25, -0.2) is 15.0 Å². The lowest BCUT2D eigenvalue weighted by Crippen LogP contribution is -2.39. The molecule has 8 nitrogen and oxygen atoms in total. The number of halogens is 1. The number of nitrogens with zero attached hydrogens (tertiary/aromatic N) is 5. The maximum absolute atomic E-state index is 12.8. The minimum absolute atomic E-state index is 0.0939. The van der Waals surface area contributed by atoms with E-state index in [9.17, 15) is 10.1 Å². The van der Waals surface area contributed by atoms with Gasteiger partial charge in [0.25, 0.3) is 5.91 Å². The van der Waals surface area contributed by atoms with Crippen LogP contribution in [0.25, 0.3) is 22.6 Å². The molecular formula is C28H27BrN6O2. The Labute approximate surface area is 223 Å². The molecule has 1 aliphatic rings. The number of amides is 1. The summed E-state index contributed by atoms with van der Waals surface area (Å²) in [6, 6.07) is 13.1. The van der Waals surface area contributed by atoms with Crippen LogP contribution >= 0.6 is 15.9 Å². The van der Waals surface area contributed by atoms with Gasteiger partial charge in [0.05, 0.1) is 16.1 Å². The standard InChI is InChI=1S/C28H27BrN6O2/c1-17(2)23-11-19(13-30)12-24-25(23)37-27(34-24)21-5-3-20(4-6-21)26(36)31-14-18-7-9-35(10-8-18)28-32-15-22(29)16-33-28/h3-6,11-12,15-18H,7-10,14H2,1-2H3,(H,31,36). The minimum Gasteiger partial charge on any atom is -0.436 e. The summed E-state index contributed by atoms with van der Waals surface area (Å²) >= 11 is 3.37. The maximum Gasteiger partial charge on any atom is 0.251 e. The van der Waals surface area contributed by atoms with Crippen molar-refractivity contribution in [3.8, 4) is 17.5 Å². The maximum atomic E-state index is 12.8. The summed E-state index contributed by atoms with van der Waals surface area (Å²) in [5.41, 5.74) is 4.26. The van der Waals surface area contributed by atoms with Gasteiger partial charge in [0, 0.05) is 48.7 Å². The Morgan fingerprint density at radius 3 is 2.54 bits per heavy atom. The zero-order chi connectivity index (χ0) is 25.9. The molecule has 0 spiro atoms. The highest BCUT2D eigenvalue weighted by molar-refractivity contribution is 9.10. The summed E-state index contributed by atoms with van der Waals surface area (Å²) in [5.74, 6) is 1.74. The van der Waals surface area contributed by atoms with Crippen molar-refractivity contribution in [3.05, 3.63) is 70.0 Å². The third-order valence-electron chi connectivity index (χ3n) is 6.72. The summed E-state index contributed by atoms with van der Waals surface area (Å²) in [7, 11) is 0. The fraction of sp³-hybridized carbons (Fsp3) is 0.321. The Hall–Kier alpha value is -3.77. The molecule has 1 fully saturated rings. The molecule has 0 unspecified atom stereocenters. The van der Waals surface area contributed by atoms with Gasteiger partial charge in [-0.15, -0.1) is 0 Å². The molecule has 37 heavy (non-hydrogen) atoms. The van der Waals surface area contributed by atoms with Crippen LogP contribution in [0.2, 0.25) is 0 Å². The van der Waals surface area contributed by atoms with Gasteiger partial charge >= 0.3 is 0 Å². The third kappa shape index (κ3) is 5.49. The Kier molecular flexibility index (Phi) is 7.19. The van der Waals surface area contributed by atoms with Crippen molar-refractivity contribution < 1.29 is 9.21 Å². The third-order valence-corrected chi connectivity index (χ3v) is 7.13. The Balaban J connectivity index is 1.19. The van der Waals surface area contributed by atoms with Gasteiger partial charge in [0.2, 0.25) is 11.8 Å². The predicted molar refractivity (Wildman–Crippen MR) is 145 cm³/mol. The van der Waals surface area contributed by atoms with Crippen LogP contribution in [0.5, 0.6) is 0 Å². The van der Waals surface area contributed by atoms with Gasteiger partial charge in [0.15, 0.2) is 5.58 Å². The number of carbonyl (C=O) groups is 1. The molecule has 2 aromatic carbocycles. The predicted octanol–water partition coefficient (Wildman–Crippen LogP) is 5.69. The molecular weight excluding hydrogens is 532 g/mol. The fourth-order valence-corrected chi connectivity index (χ4v) is 4.79. The van der Waals surface area contributed by atoms with Crippen LogP contribution in [0, 0.1) is 17.2 Å². The number of nitrogens with one attached hydrogen (secondary N) is 1. The van der Waals surface area contributed by atoms with Crippen molar-refractivity contribution in [3.63, 3.8) is 0 Å². The number of carbonyl (C=O) groups excluding carboxylic acids is 1. The van der Waals surface area contributed by atoms with Gasteiger partial charge in [-0.05, 0) is 77.0 Å². The molecule has 5 rings (SSSR count). The number of hydrogen-bond donors (Lipinski definition) is 1. The SMILES string of the molecule is CC(C)c1cc(C#N)cc2nc(-c3ccc(C(=O)NCC4CCN(c5ncc(Br)cn5)CC4)cc3)oc12. The quantitative estimate of drug-likeness (QED) is 0.323. The van der Waals surface area contributed by atoms with E-state index in [1.807, 2.05) is 18.2 Å². The molecule has 1 saturated heterocycles. The topological polar surface area (TPSA) is 108 Å². The summed E-state index contributed by atoms with van der Waals surface area (Å²) in [5, 5.41) is 12.4. The molecule has 4 aromatic rings. The number of oxazole rings is 1. The first kappa shape index (κ1) is 24.9. The molecule has 9 heteroatoms. The normalized spacial score (nSPS) is 14.2. The summed E-state index contributed by atoms with van der Waals surface area (Å²) < 4.78 is 6.95. The molecule has 2 aromatic heterocycles. The lowest BCUT2D eigenvalue weighted by molar-refractivity contribution is 0.0945. The number of piperidine rings is 1. The average molecular weight is 559 g/mol. The highest BCUT2D eigenvalue weighted by Gasteiger charge is 2.22. The second-order valence-corrected chi connectivity index (χ2v) is 10.5. The lowest BCUT2D eigenvalue weighted by Gasteiger charge is -2.32. The number of aromatic nitrogens is 3. The van der Waals surface area contributed by atoms with Crippen molar-refractivity contribution >= 4 is 38.9 Å². The van der Waals surface area contributed by atoms with E-state index in [0.29, 0.717) is 40.6 Å². The van der Waals surface area contributed by atoms with E-state index in [-0.39, 0.29) is 11.8 Å². The van der Waals surface area contributed by atoms with Crippen molar-refractivity contribution in [2.45, 2.75) is 32.6 Å². The molecule has 0 aliphatic carbocycles. The van der Waals surface area contributed by atoms with Gasteiger partial charge in [0.1, 0.15) is 5.52 Å². The second-order valence-electron chi connectivity index (χ2n) is 9.62. The van der Waals surface area contributed by atoms with Gasteiger partial charge < -0.3 is 14.6 Å². The second kappa shape index (κ2) is 10.7. The molecule has 1 aliphatic heterocycles. The van der Waals surface area contributed by atoms with Crippen LogP contribution in [0.15, 0.2) is 57.7 Å². The average Bonchev–Trinajstić information content (AvgIpc) is 3.36. The van der Waals surface area contributed by atoms with Crippen molar-refractivity contribution in [2.75, 3.05) is 24.5 Å². The molecule has 0 bridgehead atoms. The van der Waals surface area contributed by atoms with Crippen LogP contribution in [0.1, 0.15) is 54.1 Å². The highest BCUT2D eigenvalue weighted by atomic mass is 79.9. The molecule has 0 saturated carbocycles. The van der Waals surface area contributed by atoms with Crippen LogP contribution in [0.4, 0.5) is 5.95 Å². The van der Waals surface area contributed by atoms with E-state index in [0.717, 1.165) is 47.5 Å². The van der Waals surface area contributed by atoms with Crippen LogP contribution in [0.3, 0.4) is 0 Å². The van der Waals surface area contributed by atoms with E-state index in [4.69, 9.17) is 4.42 Å². The lowest BCUT2D eigenvalue weighted by atomic mass is 9.97. The number of nitriles is 1. The number of benzene rings is 2. The number of anilines is 1. The van der Waals surface area contributed by atoms with Crippen molar-refractivity contribution in [1.82, 2.24) is 20.3 Å². The van der Waals surface area contributed by atoms with E-state index >= 15 is 0 Å². The molecule has 1 N–H and O–H groups in total. The van der Waals surface area contributed by atoms with Crippen molar-refractivity contribution in [2.24, 2.45) is 5.92 Å². The Bertz CT molecular complexity index is 1450. The first-order chi connectivity index (χ1) is 17.9. The van der Waals surface area contributed by atoms with Gasteiger partial charge in [-0.3, -0.25) is 4.79 Å². The monoisotopic (exact) mass is 558 g/mol. The fourth-order valence-electron chi connectivity index (χ4n) is 4.58.